The number of hydrogen-bond donors (Lipinski definition) is 1. The van der Waals surface area contributed by atoms with Crippen LogP contribution in [0.1, 0.15) is 52.0 Å². The van der Waals surface area contributed by atoms with Gasteiger partial charge in [-0.15, -0.1) is 0 Å². The van der Waals surface area contributed by atoms with Crippen LogP contribution in [0.25, 0.3) is 0 Å². The lowest BCUT2D eigenvalue weighted by Gasteiger charge is -2.41. The number of benzene rings is 1. The summed E-state index contributed by atoms with van der Waals surface area (Å²) in [5.74, 6) is 1.33. The van der Waals surface area contributed by atoms with Gasteiger partial charge in [-0.3, -0.25) is 9.69 Å². The molecule has 0 aromatic heterocycles. The number of likely N-dealkylation sites (tertiary alicyclic amines) is 1. The predicted molar refractivity (Wildman–Crippen MR) is 139 cm³/mol. The summed E-state index contributed by atoms with van der Waals surface area (Å²) in [6.45, 7) is 10.2. The van der Waals surface area contributed by atoms with Gasteiger partial charge in [0.1, 0.15) is 11.3 Å². The molecule has 194 valence electrons. The summed E-state index contributed by atoms with van der Waals surface area (Å²) in [5.41, 5.74) is 1.43. The molecule has 1 aromatic rings. The minimum Gasteiger partial charge on any atom is -0.497 e. The van der Waals surface area contributed by atoms with Crippen molar-refractivity contribution in [1.29, 1.82) is 0 Å². The number of methoxy groups -OCH3 is 2. The molecule has 7 nitrogen and oxygen atoms in total. The number of hydrogen-bond acceptors (Lipinski definition) is 5. The summed E-state index contributed by atoms with van der Waals surface area (Å²) in [6, 6.07) is 7.48. The molecule has 0 bridgehead atoms. The number of imide groups is 1. The number of nitrogens with zero attached hydrogens (tertiary/aromatic N) is 2. The van der Waals surface area contributed by atoms with Crippen LogP contribution < -0.4 is 10.1 Å². The zero-order valence-corrected chi connectivity index (χ0v) is 22.1. The molecule has 0 unspecified atom stereocenters. The van der Waals surface area contributed by atoms with Crippen molar-refractivity contribution in [2.24, 2.45) is 11.8 Å². The van der Waals surface area contributed by atoms with Crippen molar-refractivity contribution in [3.8, 4) is 5.75 Å². The normalized spacial score (nSPS) is 22.3. The molecule has 3 amide bonds. The van der Waals surface area contributed by atoms with E-state index >= 15 is 0 Å². The second kappa shape index (κ2) is 12.5. The van der Waals surface area contributed by atoms with Gasteiger partial charge in [0.15, 0.2) is 0 Å². The molecule has 1 aromatic carbocycles. The van der Waals surface area contributed by atoms with Gasteiger partial charge < -0.3 is 19.7 Å². The van der Waals surface area contributed by atoms with E-state index in [0.29, 0.717) is 18.9 Å². The molecule has 1 N–H and O–H groups in total. The summed E-state index contributed by atoms with van der Waals surface area (Å²) in [4.78, 5) is 30.5. The number of allylic oxidation sites excluding steroid dienone is 2. The Morgan fingerprint density at radius 1 is 1.23 bits per heavy atom. The highest BCUT2D eigenvalue weighted by Gasteiger charge is 2.55. The Morgan fingerprint density at radius 2 is 1.97 bits per heavy atom. The van der Waals surface area contributed by atoms with Crippen LogP contribution in [-0.4, -0.2) is 74.3 Å². The molecule has 0 saturated carbocycles. The maximum absolute atomic E-state index is 13.8. The Hall–Kier alpha value is -2.38. The van der Waals surface area contributed by atoms with Crippen molar-refractivity contribution in [2.45, 2.75) is 58.4 Å². The minimum atomic E-state index is -0.932. The average Bonchev–Trinajstić information content (AvgIpc) is 3.07. The van der Waals surface area contributed by atoms with Crippen molar-refractivity contribution >= 4 is 11.9 Å². The molecular formula is C28H43N3O4. The lowest BCUT2D eigenvalue weighted by molar-refractivity contribution is -0.134. The smallest absolute Gasteiger partial charge is 0.325 e. The van der Waals surface area contributed by atoms with Crippen LogP contribution in [0.5, 0.6) is 5.75 Å². The maximum atomic E-state index is 13.8. The summed E-state index contributed by atoms with van der Waals surface area (Å²) < 4.78 is 10.6. The molecule has 0 aliphatic carbocycles. The number of amides is 3. The molecule has 2 heterocycles. The zero-order valence-electron chi connectivity index (χ0n) is 22.1. The fraction of sp³-hybridized carbons (Fsp3) is 0.643. The van der Waals surface area contributed by atoms with Gasteiger partial charge in [-0.1, -0.05) is 30.7 Å². The highest BCUT2D eigenvalue weighted by Crippen LogP contribution is 2.37. The maximum Gasteiger partial charge on any atom is 0.325 e. The summed E-state index contributed by atoms with van der Waals surface area (Å²) in [5, 5.41) is 3.14. The number of nitrogens with one attached hydrogen (secondary N) is 1. The van der Waals surface area contributed by atoms with E-state index in [1.807, 2.05) is 24.3 Å². The molecule has 2 atom stereocenters. The van der Waals surface area contributed by atoms with E-state index in [2.05, 4.69) is 37.1 Å². The van der Waals surface area contributed by atoms with Gasteiger partial charge in [0.05, 0.1) is 20.3 Å². The lowest BCUT2D eigenvalue weighted by Crippen LogP contribution is -2.57. The van der Waals surface area contributed by atoms with E-state index in [1.54, 1.807) is 14.2 Å². The van der Waals surface area contributed by atoms with Crippen molar-refractivity contribution in [3.05, 3.63) is 41.5 Å². The molecule has 2 saturated heterocycles. The predicted octanol–water partition coefficient (Wildman–Crippen LogP) is 4.27. The first-order valence-corrected chi connectivity index (χ1v) is 12.9. The highest BCUT2D eigenvalue weighted by atomic mass is 16.5. The van der Waals surface area contributed by atoms with E-state index in [-0.39, 0.29) is 24.4 Å². The van der Waals surface area contributed by atoms with Gasteiger partial charge in [-0.2, -0.15) is 0 Å². The molecule has 7 heteroatoms. The number of ether oxygens (including phenoxy) is 2. The average molecular weight is 486 g/mol. The summed E-state index contributed by atoms with van der Waals surface area (Å²) >= 11 is 0. The van der Waals surface area contributed by atoms with E-state index < -0.39 is 5.54 Å². The Bertz CT molecular complexity index is 890. The van der Waals surface area contributed by atoms with Gasteiger partial charge in [0.25, 0.3) is 5.91 Å². The Balaban J connectivity index is 1.72. The third-order valence-electron chi connectivity index (χ3n) is 7.40. The molecule has 2 aliphatic rings. The fourth-order valence-corrected chi connectivity index (χ4v) is 5.47. The topological polar surface area (TPSA) is 71.1 Å². The van der Waals surface area contributed by atoms with E-state index in [9.17, 15) is 9.59 Å². The van der Waals surface area contributed by atoms with Crippen LogP contribution in [-0.2, 0) is 16.0 Å². The number of carbonyl (C=O) groups excluding carboxylic acids is 2. The standard InChI is InChI=1S/C28H43N3O4/c1-21(2)8-6-9-22(3)20-30-14-12-24(13-15-30)28(19-23-10-7-11-25(18-23)35-5)26(32)31(16-17-34-4)27(33)29-28/h7-8,10-11,18,22,24H,6,9,12-17,19-20H2,1-5H3,(H,29,33)/t22-,28+/m0/s1. The second-order valence-corrected chi connectivity index (χ2v) is 10.4. The van der Waals surface area contributed by atoms with Crippen molar-refractivity contribution in [1.82, 2.24) is 15.1 Å². The van der Waals surface area contributed by atoms with Crippen LogP contribution in [0.4, 0.5) is 4.79 Å². The van der Waals surface area contributed by atoms with Gasteiger partial charge in [-0.05, 0) is 82.2 Å². The molecule has 35 heavy (non-hydrogen) atoms. The summed E-state index contributed by atoms with van der Waals surface area (Å²) in [7, 11) is 3.22. The number of carbonyl (C=O) groups is 2. The third-order valence-corrected chi connectivity index (χ3v) is 7.40. The molecule has 2 fully saturated rings. The molecule has 0 spiro atoms. The van der Waals surface area contributed by atoms with Crippen LogP contribution >= 0.6 is 0 Å². The number of piperidine rings is 1. The first-order chi connectivity index (χ1) is 16.8. The summed E-state index contributed by atoms with van der Waals surface area (Å²) in [6.07, 6.45) is 6.86. The fourth-order valence-electron chi connectivity index (χ4n) is 5.47. The van der Waals surface area contributed by atoms with Gasteiger partial charge in [0, 0.05) is 20.1 Å². The van der Waals surface area contributed by atoms with E-state index in [1.165, 1.54) is 16.9 Å². The van der Waals surface area contributed by atoms with Crippen LogP contribution in [0.15, 0.2) is 35.9 Å². The quantitative estimate of drug-likeness (QED) is 0.354. The highest BCUT2D eigenvalue weighted by molar-refractivity contribution is 6.07. The monoisotopic (exact) mass is 485 g/mol. The molecular weight excluding hydrogens is 442 g/mol. The van der Waals surface area contributed by atoms with Gasteiger partial charge in [-0.25, -0.2) is 4.79 Å². The van der Waals surface area contributed by atoms with Crippen LogP contribution in [0, 0.1) is 11.8 Å². The largest absolute Gasteiger partial charge is 0.497 e. The zero-order chi connectivity index (χ0) is 25.4. The van der Waals surface area contributed by atoms with E-state index in [0.717, 1.165) is 50.2 Å². The lowest BCUT2D eigenvalue weighted by atomic mass is 9.73. The SMILES string of the molecule is COCCN1C(=O)N[C@](Cc2cccc(OC)c2)(C2CCN(C[C@@H](C)CCC=C(C)C)CC2)C1=O. The number of rotatable bonds is 12. The van der Waals surface area contributed by atoms with Gasteiger partial charge >= 0.3 is 6.03 Å². The number of urea groups is 1. The minimum absolute atomic E-state index is 0.0786. The Labute approximate surface area is 210 Å². The first kappa shape index (κ1) is 27.2. The van der Waals surface area contributed by atoms with E-state index in [4.69, 9.17) is 9.47 Å². The Kier molecular flexibility index (Phi) is 9.75. The Morgan fingerprint density at radius 3 is 2.63 bits per heavy atom. The molecule has 0 radical (unpaired) electrons. The third kappa shape index (κ3) is 6.85. The van der Waals surface area contributed by atoms with Crippen LogP contribution in [0.3, 0.4) is 0 Å². The van der Waals surface area contributed by atoms with Crippen molar-refractivity contribution in [3.63, 3.8) is 0 Å². The molecule has 2 aliphatic heterocycles. The second-order valence-electron chi connectivity index (χ2n) is 10.4. The molecule has 3 rings (SSSR count). The van der Waals surface area contributed by atoms with Crippen LogP contribution in [0.2, 0.25) is 0 Å². The first-order valence-electron chi connectivity index (χ1n) is 12.9. The van der Waals surface area contributed by atoms with Gasteiger partial charge in [0.2, 0.25) is 0 Å². The van der Waals surface area contributed by atoms with Crippen molar-refractivity contribution in [2.75, 3.05) is 47.0 Å². The van der Waals surface area contributed by atoms with Crippen molar-refractivity contribution < 1.29 is 19.1 Å².